The Balaban J connectivity index is 0.000000111. The minimum Gasteiger partial charge on any atom is -0.342 e. The molecule has 18 heavy (non-hydrogen) atoms. The number of H-pyrrole nitrogens is 1. The fraction of sp³-hybridized carbons (Fsp3) is 0. The minimum absolute atomic E-state index is 0.713. The Morgan fingerprint density at radius 2 is 1.89 bits per heavy atom. The fourth-order valence-electron chi connectivity index (χ4n) is 1.24. The molecule has 0 saturated carbocycles. The lowest BCUT2D eigenvalue weighted by atomic mass is 10.6. The summed E-state index contributed by atoms with van der Waals surface area (Å²) < 4.78 is 3.69. The average Bonchev–Trinajstić information content (AvgIpc) is 3.08. The molecule has 88 valence electrons. The van der Waals surface area contributed by atoms with Crippen molar-refractivity contribution in [2.75, 3.05) is 0 Å². The van der Waals surface area contributed by atoms with Crippen LogP contribution < -0.4 is 0 Å². The number of rotatable bonds is 0. The maximum absolute atomic E-state index is 3.92. The van der Waals surface area contributed by atoms with Gasteiger partial charge in [-0.05, 0) is 0 Å². The summed E-state index contributed by atoms with van der Waals surface area (Å²) in [4.78, 5) is 23.0. The molecule has 0 amide bonds. The van der Waals surface area contributed by atoms with Gasteiger partial charge in [-0.25, -0.2) is 24.9 Å². The Hall–Kier alpha value is -2.55. The van der Waals surface area contributed by atoms with Gasteiger partial charge in [0.2, 0.25) is 0 Å². The molecular formula is C9H6N8S. The van der Waals surface area contributed by atoms with E-state index in [4.69, 9.17) is 0 Å². The van der Waals surface area contributed by atoms with Gasteiger partial charge in [-0.3, -0.25) is 0 Å². The Bertz CT molecular complexity index is 637. The second-order valence-corrected chi connectivity index (χ2v) is 3.88. The molecule has 8 nitrogen and oxygen atoms in total. The van der Waals surface area contributed by atoms with Crippen LogP contribution in [0.25, 0.3) is 21.5 Å². The predicted molar refractivity (Wildman–Crippen MR) is 64.7 cm³/mol. The van der Waals surface area contributed by atoms with E-state index in [0.717, 1.165) is 15.9 Å². The predicted octanol–water partition coefficient (Wildman–Crippen LogP) is 0.834. The number of imidazole rings is 1. The van der Waals surface area contributed by atoms with Gasteiger partial charge in [0.05, 0.1) is 18.7 Å². The monoisotopic (exact) mass is 258 g/mol. The van der Waals surface area contributed by atoms with Gasteiger partial charge in [-0.15, -0.1) is 5.10 Å². The fourth-order valence-corrected chi connectivity index (χ4v) is 1.73. The van der Waals surface area contributed by atoms with Crippen LogP contribution in [0.1, 0.15) is 0 Å². The van der Waals surface area contributed by atoms with Crippen molar-refractivity contribution in [1.29, 1.82) is 0 Å². The Morgan fingerprint density at radius 1 is 1.00 bits per heavy atom. The van der Waals surface area contributed by atoms with E-state index in [0.29, 0.717) is 5.65 Å². The van der Waals surface area contributed by atoms with Gasteiger partial charge in [-0.2, -0.15) is 0 Å². The zero-order valence-electron chi connectivity index (χ0n) is 8.93. The standard InChI is InChI=1S/C5H4N4.C4H2N4S/c1-4-5(8-2-6-1)9-3-7-4;1-3-4(6-2-5-1)9-8-7-3/h1-3H,(H,6,7,8,9);1-2H. The first-order chi connectivity index (χ1) is 8.93. The SMILES string of the molecule is c1ncc2[nH]cnc2n1.c1ncc2nnsc2n1. The molecule has 0 aliphatic carbocycles. The molecule has 0 saturated heterocycles. The molecule has 0 aliphatic heterocycles. The Morgan fingerprint density at radius 3 is 2.78 bits per heavy atom. The van der Waals surface area contributed by atoms with E-state index < -0.39 is 0 Å². The second kappa shape index (κ2) is 4.75. The first-order valence-corrected chi connectivity index (χ1v) is 5.68. The molecule has 0 unspecified atom stereocenters. The first-order valence-electron chi connectivity index (χ1n) is 4.90. The molecule has 4 aromatic rings. The van der Waals surface area contributed by atoms with E-state index in [9.17, 15) is 0 Å². The van der Waals surface area contributed by atoms with Crippen LogP contribution in [0.3, 0.4) is 0 Å². The van der Waals surface area contributed by atoms with Gasteiger partial charge in [0.1, 0.15) is 23.7 Å². The lowest BCUT2D eigenvalue weighted by Crippen LogP contribution is -1.76. The molecule has 1 N–H and O–H groups in total. The highest BCUT2D eigenvalue weighted by Crippen LogP contribution is 2.07. The summed E-state index contributed by atoms with van der Waals surface area (Å²) in [5.41, 5.74) is 2.35. The van der Waals surface area contributed by atoms with Crippen LogP contribution in [0.4, 0.5) is 0 Å². The van der Waals surface area contributed by atoms with Crippen molar-refractivity contribution >= 4 is 33.0 Å². The van der Waals surface area contributed by atoms with Gasteiger partial charge in [0.15, 0.2) is 10.5 Å². The van der Waals surface area contributed by atoms with Gasteiger partial charge in [0, 0.05) is 11.5 Å². The summed E-state index contributed by atoms with van der Waals surface area (Å²) in [6, 6.07) is 0. The van der Waals surface area contributed by atoms with Gasteiger partial charge < -0.3 is 4.98 Å². The van der Waals surface area contributed by atoms with Crippen molar-refractivity contribution in [2.45, 2.75) is 0 Å². The topological polar surface area (TPSA) is 106 Å². The molecule has 4 heterocycles. The molecule has 0 aliphatic rings. The summed E-state index contributed by atoms with van der Waals surface area (Å²) in [6.45, 7) is 0. The van der Waals surface area contributed by atoms with Gasteiger partial charge in [-0.1, -0.05) is 4.49 Å². The highest BCUT2D eigenvalue weighted by atomic mass is 32.1. The summed E-state index contributed by atoms with van der Waals surface area (Å²) in [7, 11) is 0. The van der Waals surface area contributed by atoms with Crippen molar-refractivity contribution in [3.05, 3.63) is 31.4 Å². The molecular weight excluding hydrogens is 252 g/mol. The molecule has 4 aromatic heterocycles. The largest absolute Gasteiger partial charge is 0.342 e. The van der Waals surface area contributed by atoms with E-state index in [2.05, 4.69) is 39.5 Å². The third-order valence-electron chi connectivity index (χ3n) is 2.03. The number of hydrogen-bond acceptors (Lipinski definition) is 8. The van der Waals surface area contributed by atoms with Crippen LogP contribution in [0.2, 0.25) is 0 Å². The van der Waals surface area contributed by atoms with Crippen molar-refractivity contribution in [3.8, 4) is 0 Å². The normalized spacial score (nSPS) is 10.2. The molecule has 0 fully saturated rings. The number of nitrogens with one attached hydrogen (secondary N) is 1. The average molecular weight is 258 g/mol. The minimum atomic E-state index is 0.713. The molecule has 0 spiro atoms. The summed E-state index contributed by atoms with van der Waals surface area (Å²) in [5.74, 6) is 0. The van der Waals surface area contributed by atoms with Crippen LogP contribution in [0.15, 0.2) is 31.4 Å². The van der Waals surface area contributed by atoms with Gasteiger partial charge >= 0.3 is 0 Å². The summed E-state index contributed by atoms with van der Waals surface area (Å²) in [6.07, 6.45) is 7.89. The molecule has 0 aromatic carbocycles. The third-order valence-corrected chi connectivity index (χ3v) is 2.68. The maximum atomic E-state index is 3.92. The van der Waals surface area contributed by atoms with E-state index in [1.54, 1.807) is 18.7 Å². The maximum Gasteiger partial charge on any atom is 0.180 e. The third kappa shape index (κ3) is 2.11. The lowest BCUT2D eigenvalue weighted by molar-refractivity contribution is 1.16. The molecule has 0 radical (unpaired) electrons. The van der Waals surface area contributed by atoms with Crippen molar-refractivity contribution < 1.29 is 0 Å². The van der Waals surface area contributed by atoms with Crippen LogP contribution in [-0.2, 0) is 0 Å². The number of aromatic nitrogens is 8. The highest BCUT2D eigenvalue weighted by molar-refractivity contribution is 7.12. The van der Waals surface area contributed by atoms with Crippen LogP contribution in [-0.4, -0.2) is 39.5 Å². The zero-order valence-corrected chi connectivity index (χ0v) is 9.74. The van der Waals surface area contributed by atoms with Crippen LogP contribution >= 0.6 is 11.5 Å². The number of hydrogen-bond donors (Lipinski definition) is 1. The second-order valence-electron chi connectivity index (χ2n) is 3.15. The Kier molecular flexibility index (Phi) is 2.80. The number of aromatic amines is 1. The highest BCUT2D eigenvalue weighted by Gasteiger charge is 1.94. The van der Waals surface area contributed by atoms with E-state index in [-0.39, 0.29) is 0 Å². The van der Waals surface area contributed by atoms with Crippen LogP contribution in [0.5, 0.6) is 0 Å². The van der Waals surface area contributed by atoms with Crippen molar-refractivity contribution in [2.24, 2.45) is 0 Å². The molecule has 0 atom stereocenters. The quantitative estimate of drug-likeness (QED) is 0.498. The molecule has 0 bridgehead atoms. The number of fused-ring (bicyclic) bond motifs is 2. The Labute approximate surface area is 104 Å². The van der Waals surface area contributed by atoms with Gasteiger partial charge in [0.25, 0.3) is 0 Å². The summed E-state index contributed by atoms with van der Waals surface area (Å²) >= 11 is 1.28. The molecule has 4 rings (SSSR count). The van der Waals surface area contributed by atoms with E-state index >= 15 is 0 Å². The smallest absolute Gasteiger partial charge is 0.180 e. The van der Waals surface area contributed by atoms with E-state index in [1.807, 2.05) is 0 Å². The molecule has 9 heteroatoms. The van der Waals surface area contributed by atoms with E-state index in [1.165, 1.54) is 24.2 Å². The van der Waals surface area contributed by atoms with Crippen molar-refractivity contribution in [1.82, 2.24) is 39.5 Å². The lowest BCUT2D eigenvalue weighted by Gasteiger charge is -1.80. The van der Waals surface area contributed by atoms with Crippen molar-refractivity contribution in [3.63, 3.8) is 0 Å². The van der Waals surface area contributed by atoms with Crippen LogP contribution in [0, 0.1) is 0 Å². The number of nitrogens with zero attached hydrogens (tertiary/aromatic N) is 7. The summed E-state index contributed by atoms with van der Waals surface area (Å²) in [5, 5.41) is 3.76. The zero-order chi connectivity index (χ0) is 12.2. The first kappa shape index (κ1) is 10.6.